The number of aryl methyl sites for hydroxylation is 1. The minimum Gasteiger partial charge on any atom is -0.322 e. The molecule has 0 fully saturated rings. The van der Waals surface area contributed by atoms with Gasteiger partial charge in [-0.3, -0.25) is 25.3 Å². The van der Waals surface area contributed by atoms with Gasteiger partial charge in [-0.1, -0.05) is 0 Å². The lowest BCUT2D eigenvalue weighted by molar-refractivity contribution is 0.102. The molecular weight excluding hydrogens is 419 g/mol. The van der Waals surface area contributed by atoms with E-state index in [1.54, 1.807) is 19.1 Å². The van der Waals surface area contributed by atoms with E-state index in [1.807, 2.05) is 19.1 Å². The van der Waals surface area contributed by atoms with Crippen molar-refractivity contribution in [2.24, 2.45) is 0 Å². The van der Waals surface area contributed by atoms with Crippen LogP contribution in [0.2, 0.25) is 0 Å². The van der Waals surface area contributed by atoms with E-state index in [-0.39, 0.29) is 44.1 Å². The molecule has 3 aromatic rings. The number of hydrogen-bond donors (Lipinski definition) is 4. The standard InChI is InChI=1S/C16H16N6O.HI.2H2/c1-9-13-7-12(4-5-14(13)21-20-9)19-16(23)11-3-6-15(18)22(8-11)10(2)17;;;/h3-8,17-18H,1-2H3,(H,19,23)(H,20,21);3*1H. The smallest absolute Gasteiger partial charge is 0.257 e. The predicted molar refractivity (Wildman–Crippen MR) is 108 cm³/mol. The summed E-state index contributed by atoms with van der Waals surface area (Å²) in [6, 6.07) is 8.55. The van der Waals surface area contributed by atoms with Crippen molar-refractivity contribution in [3.05, 3.63) is 53.3 Å². The van der Waals surface area contributed by atoms with E-state index >= 15 is 0 Å². The quantitative estimate of drug-likeness (QED) is 0.278. The van der Waals surface area contributed by atoms with Gasteiger partial charge in [0, 0.05) is 25.8 Å². The second-order valence-corrected chi connectivity index (χ2v) is 5.29. The molecule has 0 saturated carbocycles. The Bertz CT molecular complexity index is 998. The molecule has 4 N–H and O–H groups in total. The van der Waals surface area contributed by atoms with Crippen LogP contribution in [-0.4, -0.2) is 26.5 Å². The number of nitrogens with one attached hydrogen (secondary N) is 4. The van der Waals surface area contributed by atoms with E-state index in [0.717, 1.165) is 16.6 Å². The van der Waals surface area contributed by atoms with Crippen LogP contribution in [-0.2, 0) is 0 Å². The molecule has 0 aliphatic rings. The highest BCUT2D eigenvalue weighted by molar-refractivity contribution is 14.0. The molecule has 0 radical (unpaired) electrons. The molecule has 0 aliphatic heterocycles. The highest BCUT2D eigenvalue weighted by Gasteiger charge is 2.09. The van der Waals surface area contributed by atoms with Crippen LogP contribution in [0.1, 0.15) is 25.8 Å². The van der Waals surface area contributed by atoms with Gasteiger partial charge in [-0.15, -0.1) is 24.0 Å². The summed E-state index contributed by atoms with van der Waals surface area (Å²) in [5.74, 6) is -0.111. The number of carbonyl (C=O) groups excluding carboxylic acids is 1. The van der Waals surface area contributed by atoms with Crippen LogP contribution < -0.4 is 10.8 Å². The monoisotopic (exact) mass is 440 g/mol. The first-order valence-electron chi connectivity index (χ1n) is 7.04. The zero-order chi connectivity index (χ0) is 16.6. The number of carbonyl (C=O) groups is 1. The Morgan fingerprint density at radius 1 is 1.33 bits per heavy atom. The molecule has 0 saturated heterocycles. The SMILES string of the molecule is CC(=N)n1cc(C(=O)Nc2ccc3n[nH]c(C)c3c2)ccc1=N.I.[HH].[HH]. The van der Waals surface area contributed by atoms with E-state index in [9.17, 15) is 4.79 Å². The highest BCUT2D eigenvalue weighted by atomic mass is 127. The Hall–Kier alpha value is -2.49. The van der Waals surface area contributed by atoms with Gasteiger partial charge < -0.3 is 5.32 Å². The van der Waals surface area contributed by atoms with Crippen molar-refractivity contribution < 1.29 is 7.65 Å². The molecule has 2 heterocycles. The van der Waals surface area contributed by atoms with Crippen molar-refractivity contribution in [3.8, 4) is 0 Å². The lowest BCUT2D eigenvalue weighted by Gasteiger charge is -2.09. The van der Waals surface area contributed by atoms with Gasteiger partial charge in [0.15, 0.2) is 0 Å². The normalized spacial score (nSPS) is 10.2. The number of rotatable bonds is 2. The molecule has 3 rings (SSSR count). The van der Waals surface area contributed by atoms with Gasteiger partial charge in [-0.05, 0) is 44.2 Å². The Labute approximate surface area is 158 Å². The molecule has 1 amide bonds. The third-order valence-corrected chi connectivity index (χ3v) is 3.57. The molecule has 0 spiro atoms. The van der Waals surface area contributed by atoms with Crippen LogP contribution in [0.3, 0.4) is 0 Å². The van der Waals surface area contributed by atoms with Crippen LogP contribution in [0.5, 0.6) is 0 Å². The number of halogens is 1. The van der Waals surface area contributed by atoms with Crippen molar-refractivity contribution in [3.63, 3.8) is 0 Å². The summed E-state index contributed by atoms with van der Waals surface area (Å²) in [5, 5.41) is 26.2. The third kappa shape index (κ3) is 3.37. The molecule has 24 heavy (non-hydrogen) atoms. The number of hydrogen-bond acceptors (Lipinski definition) is 4. The maximum atomic E-state index is 12.4. The van der Waals surface area contributed by atoms with Gasteiger partial charge >= 0.3 is 0 Å². The zero-order valence-corrected chi connectivity index (χ0v) is 15.5. The largest absolute Gasteiger partial charge is 0.322 e. The first-order valence-corrected chi connectivity index (χ1v) is 7.04. The first-order chi connectivity index (χ1) is 11.0. The molecule has 7 nitrogen and oxygen atoms in total. The fraction of sp³-hybridized carbons (Fsp3) is 0.125. The van der Waals surface area contributed by atoms with Crippen molar-refractivity contribution in [2.75, 3.05) is 5.32 Å². The number of aromatic nitrogens is 3. The van der Waals surface area contributed by atoms with Gasteiger partial charge in [0.05, 0.1) is 11.1 Å². The minimum absolute atomic E-state index is 0. The number of fused-ring (bicyclic) bond motifs is 1. The van der Waals surface area contributed by atoms with Crippen LogP contribution >= 0.6 is 24.0 Å². The van der Waals surface area contributed by atoms with E-state index < -0.39 is 0 Å². The van der Waals surface area contributed by atoms with Crippen molar-refractivity contribution >= 4 is 52.3 Å². The minimum atomic E-state index is -0.291. The number of nitrogens with zero attached hydrogens (tertiary/aromatic N) is 2. The van der Waals surface area contributed by atoms with Crippen LogP contribution in [0, 0.1) is 17.7 Å². The summed E-state index contributed by atoms with van der Waals surface area (Å²) in [6.07, 6.45) is 1.49. The first kappa shape index (κ1) is 17.9. The van der Waals surface area contributed by atoms with Gasteiger partial charge in [0.2, 0.25) is 0 Å². The fourth-order valence-electron chi connectivity index (χ4n) is 2.33. The molecule has 0 unspecified atom stereocenters. The predicted octanol–water partition coefficient (Wildman–Crippen LogP) is 3.36. The average Bonchev–Trinajstić information content (AvgIpc) is 2.88. The van der Waals surface area contributed by atoms with Gasteiger partial charge in [0.1, 0.15) is 11.3 Å². The zero-order valence-electron chi connectivity index (χ0n) is 13.2. The number of anilines is 1. The van der Waals surface area contributed by atoms with E-state index in [0.29, 0.717) is 11.3 Å². The molecule has 128 valence electrons. The number of benzene rings is 1. The van der Waals surface area contributed by atoms with Crippen molar-refractivity contribution in [1.29, 1.82) is 10.8 Å². The summed E-state index contributed by atoms with van der Waals surface area (Å²) in [7, 11) is 0. The molecular formula is C16H21IN6O. The van der Waals surface area contributed by atoms with E-state index in [2.05, 4.69) is 15.5 Å². The third-order valence-electron chi connectivity index (χ3n) is 3.57. The second-order valence-electron chi connectivity index (χ2n) is 5.29. The van der Waals surface area contributed by atoms with E-state index in [1.165, 1.54) is 16.8 Å². The topological polar surface area (TPSA) is 110 Å². The van der Waals surface area contributed by atoms with Gasteiger partial charge in [-0.2, -0.15) is 5.10 Å². The highest BCUT2D eigenvalue weighted by Crippen LogP contribution is 2.20. The Morgan fingerprint density at radius 2 is 2.08 bits per heavy atom. The van der Waals surface area contributed by atoms with Crippen molar-refractivity contribution in [1.82, 2.24) is 14.8 Å². The summed E-state index contributed by atoms with van der Waals surface area (Å²) >= 11 is 0. The molecule has 0 bridgehead atoms. The Kier molecular flexibility index (Phi) is 5.17. The number of pyridine rings is 1. The molecule has 1 aromatic carbocycles. The molecule has 8 heteroatoms. The van der Waals surface area contributed by atoms with Gasteiger partial charge in [-0.25, -0.2) is 0 Å². The summed E-state index contributed by atoms with van der Waals surface area (Å²) in [5.41, 5.74) is 2.99. The maximum Gasteiger partial charge on any atom is 0.257 e. The lowest BCUT2D eigenvalue weighted by atomic mass is 10.2. The molecule has 2 aromatic heterocycles. The fourth-order valence-corrected chi connectivity index (χ4v) is 2.33. The average molecular weight is 440 g/mol. The maximum absolute atomic E-state index is 12.4. The summed E-state index contributed by atoms with van der Waals surface area (Å²) in [6.45, 7) is 3.49. The number of aromatic amines is 1. The van der Waals surface area contributed by atoms with Crippen LogP contribution in [0.4, 0.5) is 5.69 Å². The lowest BCUT2D eigenvalue weighted by Crippen LogP contribution is -2.25. The number of H-pyrrole nitrogens is 1. The van der Waals surface area contributed by atoms with Gasteiger partial charge in [0.25, 0.3) is 5.91 Å². The number of amides is 1. The van der Waals surface area contributed by atoms with Crippen molar-refractivity contribution in [2.45, 2.75) is 13.8 Å². The Morgan fingerprint density at radius 3 is 2.79 bits per heavy atom. The molecule has 0 aliphatic carbocycles. The second kappa shape index (κ2) is 6.95. The summed E-state index contributed by atoms with van der Waals surface area (Å²) in [4.78, 5) is 12.4. The molecule has 0 atom stereocenters. The Balaban J connectivity index is 0.00000208. The van der Waals surface area contributed by atoms with E-state index in [4.69, 9.17) is 10.8 Å². The van der Waals surface area contributed by atoms with Crippen LogP contribution in [0.15, 0.2) is 36.5 Å². The summed E-state index contributed by atoms with van der Waals surface area (Å²) < 4.78 is 1.35. The van der Waals surface area contributed by atoms with Crippen LogP contribution in [0.25, 0.3) is 10.9 Å².